The molecule has 3 nitrogen and oxygen atoms in total. The van der Waals surface area contributed by atoms with Crippen LogP contribution < -0.4 is 0 Å². The number of aldehydes is 1. The van der Waals surface area contributed by atoms with E-state index < -0.39 is 5.79 Å². The number of hydrogen-bond acceptors (Lipinski definition) is 3. The van der Waals surface area contributed by atoms with Crippen LogP contribution in [0.3, 0.4) is 0 Å². The lowest BCUT2D eigenvalue weighted by molar-refractivity contribution is -0.181. The van der Waals surface area contributed by atoms with Crippen molar-refractivity contribution in [3.05, 3.63) is 12.5 Å². The highest BCUT2D eigenvalue weighted by Gasteiger charge is 2.39. The Bertz CT molecular complexity index is 203. The van der Waals surface area contributed by atoms with E-state index in [4.69, 9.17) is 9.47 Å². The summed E-state index contributed by atoms with van der Waals surface area (Å²) in [7, 11) is 0. The maximum atomic E-state index is 10.2. The van der Waals surface area contributed by atoms with E-state index in [1.165, 1.54) is 0 Å². The molecule has 1 heterocycles. The van der Waals surface area contributed by atoms with Gasteiger partial charge in [0, 0.05) is 18.8 Å². The largest absolute Gasteiger partial charge is 0.457 e. The van der Waals surface area contributed by atoms with E-state index in [1.54, 1.807) is 12.5 Å². The van der Waals surface area contributed by atoms with Crippen LogP contribution in [0, 0.1) is 5.92 Å². The summed E-state index contributed by atoms with van der Waals surface area (Å²) in [4.78, 5) is 10.2. The smallest absolute Gasteiger partial charge is 0.252 e. The first-order valence-electron chi connectivity index (χ1n) is 5.19. The third-order valence-electron chi connectivity index (χ3n) is 2.79. The fraction of sp³-hybridized carbons (Fsp3) is 0.727. The minimum atomic E-state index is -0.483. The lowest BCUT2D eigenvalue weighted by Crippen LogP contribution is -2.36. The van der Waals surface area contributed by atoms with Crippen molar-refractivity contribution in [2.24, 2.45) is 5.92 Å². The number of hydrogen-bond donors (Lipinski definition) is 0. The number of rotatable bonds is 6. The summed E-state index contributed by atoms with van der Waals surface area (Å²) in [5, 5.41) is 0. The molecular formula is C11H18O3. The van der Waals surface area contributed by atoms with Crippen molar-refractivity contribution in [2.75, 3.05) is 0 Å². The molecule has 0 saturated carbocycles. The molecule has 1 rings (SSSR count). The summed E-state index contributed by atoms with van der Waals surface area (Å²) in [5.41, 5.74) is 0. The molecule has 0 radical (unpaired) electrons. The van der Waals surface area contributed by atoms with E-state index in [0.717, 1.165) is 25.5 Å². The number of carbonyl (C=O) groups is 1. The molecule has 1 atom stereocenters. The van der Waals surface area contributed by atoms with Gasteiger partial charge in [0.1, 0.15) is 18.8 Å². The maximum absolute atomic E-state index is 10.2. The number of unbranched alkanes of at least 4 members (excludes halogenated alkanes) is 1. The van der Waals surface area contributed by atoms with Gasteiger partial charge in [-0.2, -0.15) is 0 Å². The van der Waals surface area contributed by atoms with Gasteiger partial charge in [0.15, 0.2) is 0 Å². The standard InChI is InChI=1S/C11H18O3/c1-3-11(13-8-9-14-11)10(2)6-4-5-7-12/h7-10H,3-6H2,1-2H3. The molecule has 1 aliphatic rings. The van der Waals surface area contributed by atoms with Gasteiger partial charge in [0.25, 0.3) is 5.79 Å². The van der Waals surface area contributed by atoms with Gasteiger partial charge >= 0.3 is 0 Å². The molecule has 0 fully saturated rings. The molecule has 0 aromatic heterocycles. The molecular weight excluding hydrogens is 180 g/mol. The van der Waals surface area contributed by atoms with Crippen LogP contribution in [0.1, 0.15) is 39.5 Å². The Labute approximate surface area is 85.1 Å². The van der Waals surface area contributed by atoms with Gasteiger partial charge in [-0.25, -0.2) is 0 Å². The Morgan fingerprint density at radius 1 is 1.43 bits per heavy atom. The van der Waals surface area contributed by atoms with Gasteiger partial charge in [-0.15, -0.1) is 0 Å². The average Bonchev–Trinajstić information content (AvgIpc) is 2.67. The van der Waals surface area contributed by atoms with E-state index in [1.807, 2.05) is 6.92 Å². The summed E-state index contributed by atoms with van der Waals surface area (Å²) in [6.45, 7) is 4.14. The third kappa shape index (κ3) is 2.28. The Morgan fingerprint density at radius 3 is 2.57 bits per heavy atom. The van der Waals surface area contributed by atoms with Gasteiger partial charge in [0.2, 0.25) is 0 Å². The molecule has 0 bridgehead atoms. The highest BCUT2D eigenvalue weighted by Crippen LogP contribution is 2.34. The quantitative estimate of drug-likeness (QED) is 0.486. The molecule has 1 unspecified atom stereocenters. The fourth-order valence-corrected chi connectivity index (χ4v) is 1.79. The van der Waals surface area contributed by atoms with Crippen molar-refractivity contribution in [2.45, 2.75) is 45.3 Å². The van der Waals surface area contributed by atoms with Crippen LogP contribution in [-0.2, 0) is 14.3 Å². The van der Waals surface area contributed by atoms with E-state index in [9.17, 15) is 4.79 Å². The highest BCUT2D eigenvalue weighted by molar-refractivity contribution is 5.48. The van der Waals surface area contributed by atoms with Gasteiger partial charge < -0.3 is 14.3 Å². The zero-order valence-electron chi connectivity index (χ0n) is 8.86. The molecule has 3 heteroatoms. The van der Waals surface area contributed by atoms with Gasteiger partial charge in [-0.3, -0.25) is 0 Å². The van der Waals surface area contributed by atoms with Gasteiger partial charge in [0.05, 0.1) is 0 Å². The van der Waals surface area contributed by atoms with Crippen LogP contribution in [0.25, 0.3) is 0 Å². The fourth-order valence-electron chi connectivity index (χ4n) is 1.79. The van der Waals surface area contributed by atoms with Gasteiger partial charge in [-0.05, 0) is 12.8 Å². The van der Waals surface area contributed by atoms with E-state index in [-0.39, 0.29) is 0 Å². The van der Waals surface area contributed by atoms with E-state index in [0.29, 0.717) is 12.3 Å². The molecule has 0 spiro atoms. The molecule has 0 aliphatic carbocycles. The van der Waals surface area contributed by atoms with Crippen molar-refractivity contribution in [1.29, 1.82) is 0 Å². The van der Waals surface area contributed by atoms with Crippen molar-refractivity contribution in [1.82, 2.24) is 0 Å². The van der Waals surface area contributed by atoms with Crippen LogP contribution in [0.2, 0.25) is 0 Å². The van der Waals surface area contributed by atoms with Crippen LogP contribution in [-0.4, -0.2) is 12.1 Å². The molecule has 1 aliphatic heterocycles. The molecule has 0 amide bonds. The average molecular weight is 198 g/mol. The Kier molecular flexibility index (Phi) is 3.98. The first-order chi connectivity index (χ1) is 6.75. The molecule has 14 heavy (non-hydrogen) atoms. The van der Waals surface area contributed by atoms with E-state index in [2.05, 4.69) is 6.92 Å². The van der Waals surface area contributed by atoms with Crippen molar-refractivity contribution < 1.29 is 14.3 Å². The summed E-state index contributed by atoms with van der Waals surface area (Å²) in [6.07, 6.45) is 7.45. The summed E-state index contributed by atoms with van der Waals surface area (Å²) in [5.74, 6) is -0.175. The third-order valence-corrected chi connectivity index (χ3v) is 2.79. The Hall–Kier alpha value is -0.990. The summed E-state index contributed by atoms with van der Waals surface area (Å²) in [6, 6.07) is 0. The maximum Gasteiger partial charge on any atom is 0.252 e. The second kappa shape index (κ2) is 5.03. The first kappa shape index (κ1) is 11.1. The van der Waals surface area contributed by atoms with Crippen molar-refractivity contribution >= 4 is 6.29 Å². The highest BCUT2D eigenvalue weighted by atomic mass is 16.7. The second-order valence-electron chi connectivity index (χ2n) is 3.67. The van der Waals surface area contributed by atoms with Crippen LogP contribution in [0.5, 0.6) is 0 Å². The second-order valence-corrected chi connectivity index (χ2v) is 3.67. The lowest BCUT2D eigenvalue weighted by Gasteiger charge is -2.32. The molecule has 0 saturated heterocycles. The van der Waals surface area contributed by atoms with Crippen LogP contribution >= 0.6 is 0 Å². The van der Waals surface area contributed by atoms with Crippen LogP contribution in [0.15, 0.2) is 12.5 Å². The molecule has 80 valence electrons. The summed E-state index contributed by atoms with van der Waals surface area (Å²) >= 11 is 0. The predicted molar refractivity (Wildman–Crippen MR) is 53.4 cm³/mol. The number of ether oxygens (including phenoxy) is 2. The lowest BCUT2D eigenvalue weighted by atomic mass is 9.92. The monoisotopic (exact) mass is 198 g/mol. The zero-order valence-corrected chi connectivity index (χ0v) is 8.86. The van der Waals surface area contributed by atoms with Crippen LogP contribution in [0.4, 0.5) is 0 Å². The normalized spacial score (nSPS) is 19.9. The van der Waals surface area contributed by atoms with Crippen molar-refractivity contribution in [3.8, 4) is 0 Å². The Morgan fingerprint density at radius 2 is 2.07 bits per heavy atom. The topological polar surface area (TPSA) is 35.5 Å². The molecule has 0 aromatic rings. The first-order valence-corrected chi connectivity index (χ1v) is 5.19. The predicted octanol–water partition coefficient (Wildman–Crippen LogP) is 2.62. The minimum absolute atomic E-state index is 0.308. The van der Waals surface area contributed by atoms with Crippen molar-refractivity contribution in [3.63, 3.8) is 0 Å². The Balaban J connectivity index is 2.40. The number of carbonyl (C=O) groups excluding carboxylic acids is 1. The molecule has 0 aromatic carbocycles. The zero-order chi connectivity index (χ0) is 10.4. The minimum Gasteiger partial charge on any atom is -0.457 e. The van der Waals surface area contributed by atoms with Gasteiger partial charge in [-0.1, -0.05) is 13.8 Å². The summed E-state index contributed by atoms with van der Waals surface area (Å²) < 4.78 is 11.0. The SMILES string of the molecule is CCC1(C(C)CCCC=O)OC=CO1. The molecule has 0 N–H and O–H groups in total. The van der Waals surface area contributed by atoms with E-state index >= 15 is 0 Å².